The Morgan fingerprint density at radius 1 is 1.32 bits per heavy atom. The van der Waals surface area contributed by atoms with Crippen LogP contribution in [-0.4, -0.2) is 56.2 Å². The number of halogens is 1. The second-order valence-electron chi connectivity index (χ2n) is 8.85. The third kappa shape index (κ3) is 7.18. The van der Waals surface area contributed by atoms with Crippen molar-refractivity contribution in [3.05, 3.63) is 58.7 Å². The molecule has 1 aromatic carbocycles. The van der Waals surface area contributed by atoms with Gasteiger partial charge in [0.25, 0.3) is 0 Å². The molecule has 2 N–H and O–H groups in total. The van der Waals surface area contributed by atoms with E-state index in [1.807, 2.05) is 24.3 Å². The highest BCUT2D eigenvalue weighted by atomic mass is 35.5. The molecule has 0 aromatic heterocycles. The molecular formula is C25H36ClN3O2. The lowest BCUT2D eigenvalue weighted by Crippen LogP contribution is -2.43. The molecule has 3 atom stereocenters. The Morgan fingerprint density at radius 2 is 2.10 bits per heavy atom. The number of nitrogens with one attached hydrogen (secondary N) is 2. The quantitative estimate of drug-likeness (QED) is 0.423. The number of methoxy groups -OCH3 is 1. The summed E-state index contributed by atoms with van der Waals surface area (Å²) in [6, 6.07) is 8.04. The van der Waals surface area contributed by atoms with Crippen molar-refractivity contribution in [2.45, 2.75) is 51.2 Å². The number of likely N-dealkylation sites (tertiary alicyclic amines) is 1. The Labute approximate surface area is 191 Å². The summed E-state index contributed by atoms with van der Waals surface area (Å²) >= 11 is 6.03. The Bertz CT molecular complexity index is 777. The van der Waals surface area contributed by atoms with E-state index in [-0.39, 0.29) is 11.9 Å². The van der Waals surface area contributed by atoms with Crippen LogP contribution in [0, 0.1) is 5.92 Å². The highest BCUT2D eigenvalue weighted by Gasteiger charge is 2.36. The molecule has 0 unspecified atom stereocenters. The van der Waals surface area contributed by atoms with Crippen molar-refractivity contribution in [3.63, 3.8) is 0 Å². The van der Waals surface area contributed by atoms with E-state index in [9.17, 15) is 4.79 Å². The number of ether oxygens (including phenoxy) is 1. The first-order valence-electron chi connectivity index (χ1n) is 11.3. The van der Waals surface area contributed by atoms with E-state index in [0.717, 1.165) is 43.9 Å². The SMILES string of the molecule is C=C(C)[C@@H]1CC=C(CN[C@@H]2C[C@@H](C(=O)NCCOC)N(Cc3ccc(Cl)cc3)C2)CC1. The summed E-state index contributed by atoms with van der Waals surface area (Å²) in [5.74, 6) is 0.710. The largest absolute Gasteiger partial charge is 0.383 e. The third-order valence-corrected chi connectivity index (χ3v) is 6.68. The monoisotopic (exact) mass is 445 g/mol. The van der Waals surface area contributed by atoms with E-state index < -0.39 is 0 Å². The first kappa shape index (κ1) is 24.0. The molecule has 3 rings (SSSR count). The first-order chi connectivity index (χ1) is 15.0. The van der Waals surface area contributed by atoms with E-state index in [1.54, 1.807) is 7.11 Å². The van der Waals surface area contributed by atoms with Gasteiger partial charge in [0.05, 0.1) is 12.6 Å². The standard InChI is InChI=1S/C25H36ClN3O2/c1-18(2)21-8-4-19(5-9-21)15-28-23-14-24(25(30)27-12-13-31-3)29(17-23)16-20-6-10-22(26)11-7-20/h4,6-7,10-11,21,23-24,28H,1,5,8-9,12-17H2,2-3H3,(H,27,30)/t21-,23-,24+/m1/s1. The zero-order valence-electron chi connectivity index (χ0n) is 18.8. The van der Waals surface area contributed by atoms with Crippen LogP contribution in [-0.2, 0) is 16.1 Å². The molecule has 0 radical (unpaired) electrons. The molecule has 0 spiro atoms. The van der Waals surface area contributed by atoms with E-state index >= 15 is 0 Å². The minimum Gasteiger partial charge on any atom is -0.383 e. The van der Waals surface area contributed by atoms with Crippen LogP contribution in [0.3, 0.4) is 0 Å². The van der Waals surface area contributed by atoms with Crippen molar-refractivity contribution < 1.29 is 9.53 Å². The second kappa shape index (κ2) is 11.8. The van der Waals surface area contributed by atoms with Gasteiger partial charge in [-0.05, 0) is 56.2 Å². The van der Waals surface area contributed by atoms with E-state index in [2.05, 4.69) is 35.1 Å². The van der Waals surface area contributed by atoms with Crippen molar-refractivity contribution in [2.75, 3.05) is 33.4 Å². The lowest BCUT2D eigenvalue weighted by Gasteiger charge is -2.24. The lowest BCUT2D eigenvalue weighted by atomic mass is 9.85. The van der Waals surface area contributed by atoms with Gasteiger partial charge in [0, 0.05) is 44.4 Å². The van der Waals surface area contributed by atoms with Crippen LogP contribution in [0.15, 0.2) is 48.1 Å². The van der Waals surface area contributed by atoms with Crippen molar-refractivity contribution in [2.24, 2.45) is 5.92 Å². The van der Waals surface area contributed by atoms with Crippen molar-refractivity contribution in [1.82, 2.24) is 15.5 Å². The molecule has 2 aliphatic rings. The number of hydrogen-bond donors (Lipinski definition) is 2. The number of benzene rings is 1. The number of rotatable bonds is 10. The van der Waals surface area contributed by atoms with Gasteiger partial charge in [0.15, 0.2) is 0 Å². The fraction of sp³-hybridized carbons (Fsp3) is 0.560. The smallest absolute Gasteiger partial charge is 0.237 e. The van der Waals surface area contributed by atoms with Gasteiger partial charge in [0.2, 0.25) is 5.91 Å². The Kier molecular flexibility index (Phi) is 9.15. The van der Waals surface area contributed by atoms with Crippen LogP contribution >= 0.6 is 11.6 Å². The molecule has 1 aliphatic heterocycles. The Morgan fingerprint density at radius 3 is 2.74 bits per heavy atom. The molecular weight excluding hydrogens is 410 g/mol. The molecule has 1 aromatic rings. The van der Waals surface area contributed by atoms with Gasteiger partial charge >= 0.3 is 0 Å². The minimum atomic E-state index is -0.141. The van der Waals surface area contributed by atoms with Crippen LogP contribution in [0.1, 0.15) is 38.2 Å². The molecule has 170 valence electrons. The van der Waals surface area contributed by atoms with Gasteiger partial charge in [-0.15, -0.1) is 0 Å². The topological polar surface area (TPSA) is 53.6 Å². The van der Waals surface area contributed by atoms with Gasteiger partial charge in [0.1, 0.15) is 0 Å². The predicted octanol–water partition coefficient (Wildman–Crippen LogP) is 3.94. The molecule has 1 heterocycles. The van der Waals surface area contributed by atoms with Gasteiger partial charge in [-0.3, -0.25) is 9.69 Å². The molecule has 1 aliphatic carbocycles. The zero-order chi connectivity index (χ0) is 22.2. The third-order valence-electron chi connectivity index (χ3n) is 6.43. The fourth-order valence-corrected chi connectivity index (χ4v) is 4.62. The average Bonchev–Trinajstić information content (AvgIpc) is 3.17. The van der Waals surface area contributed by atoms with Gasteiger partial charge in [-0.2, -0.15) is 0 Å². The molecule has 6 heteroatoms. The molecule has 31 heavy (non-hydrogen) atoms. The maximum atomic E-state index is 12.8. The summed E-state index contributed by atoms with van der Waals surface area (Å²) in [6.45, 7) is 9.80. The number of amides is 1. The summed E-state index contributed by atoms with van der Waals surface area (Å²) in [5.41, 5.74) is 3.94. The second-order valence-corrected chi connectivity index (χ2v) is 9.29. The van der Waals surface area contributed by atoms with Gasteiger partial charge < -0.3 is 15.4 Å². The van der Waals surface area contributed by atoms with Crippen molar-refractivity contribution in [3.8, 4) is 0 Å². The number of carbonyl (C=O) groups excluding carboxylic acids is 1. The summed E-state index contributed by atoms with van der Waals surface area (Å²) < 4.78 is 5.07. The molecule has 0 saturated carbocycles. The van der Waals surface area contributed by atoms with Crippen LogP contribution in [0.5, 0.6) is 0 Å². The van der Waals surface area contributed by atoms with Crippen LogP contribution in [0.4, 0.5) is 0 Å². The summed E-state index contributed by atoms with van der Waals surface area (Å²) in [4.78, 5) is 15.1. The van der Waals surface area contributed by atoms with Gasteiger partial charge in [-0.1, -0.05) is 47.5 Å². The summed E-state index contributed by atoms with van der Waals surface area (Å²) in [6.07, 6.45) is 6.62. The van der Waals surface area contributed by atoms with E-state index in [0.29, 0.717) is 25.1 Å². The highest BCUT2D eigenvalue weighted by molar-refractivity contribution is 6.30. The predicted molar refractivity (Wildman–Crippen MR) is 127 cm³/mol. The Balaban J connectivity index is 1.58. The van der Waals surface area contributed by atoms with Crippen molar-refractivity contribution in [1.29, 1.82) is 0 Å². The fourth-order valence-electron chi connectivity index (χ4n) is 4.49. The van der Waals surface area contributed by atoms with Gasteiger partial charge in [-0.25, -0.2) is 0 Å². The van der Waals surface area contributed by atoms with E-state index in [1.165, 1.54) is 23.1 Å². The number of nitrogens with zero attached hydrogens (tertiary/aromatic N) is 1. The Hall–Kier alpha value is -1.66. The lowest BCUT2D eigenvalue weighted by molar-refractivity contribution is -0.125. The molecule has 0 bridgehead atoms. The normalized spacial score (nSPS) is 24.1. The van der Waals surface area contributed by atoms with Crippen LogP contribution < -0.4 is 10.6 Å². The summed E-state index contributed by atoms with van der Waals surface area (Å²) in [7, 11) is 1.65. The molecule has 1 amide bonds. The van der Waals surface area contributed by atoms with Crippen LogP contribution in [0.25, 0.3) is 0 Å². The van der Waals surface area contributed by atoms with Crippen molar-refractivity contribution >= 4 is 17.5 Å². The molecule has 1 saturated heterocycles. The number of allylic oxidation sites excluding steroid dienone is 2. The number of carbonyl (C=O) groups is 1. The summed E-state index contributed by atoms with van der Waals surface area (Å²) in [5, 5.41) is 7.46. The first-order valence-corrected chi connectivity index (χ1v) is 11.7. The van der Waals surface area contributed by atoms with E-state index in [4.69, 9.17) is 16.3 Å². The zero-order valence-corrected chi connectivity index (χ0v) is 19.6. The molecule has 1 fully saturated rings. The van der Waals surface area contributed by atoms with Crippen LogP contribution in [0.2, 0.25) is 5.02 Å². The number of hydrogen-bond acceptors (Lipinski definition) is 4. The minimum absolute atomic E-state index is 0.0801. The maximum Gasteiger partial charge on any atom is 0.237 e. The maximum absolute atomic E-state index is 12.8. The highest BCUT2D eigenvalue weighted by Crippen LogP contribution is 2.28. The molecule has 5 nitrogen and oxygen atoms in total. The average molecular weight is 446 g/mol.